The van der Waals surface area contributed by atoms with Crippen molar-refractivity contribution in [2.24, 2.45) is 0 Å². The highest BCUT2D eigenvalue weighted by Crippen LogP contribution is 2.25. The smallest absolute Gasteiger partial charge is 0.254 e. The number of hydrogen-bond donors (Lipinski definition) is 1. The molecule has 0 saturated carbocycles. The summed E-state index contributed by atoms with van der Waals surface area (Å²) in [5, 5.41) is 3.64. The number of nitrogens with one attached hydrogen (secondary N) is 1. The first-order chi connectivity index (χ1) is 15.9. The molecule has 2 aliphatic rings. The minimum atomic E-state index is -0.575. The molecule has 2 fully saturated rings. The molecule has 1 N–H and O–H groups in total. The Kier molecular flexibility index (Phi) is 7.56. The predicted octanol–water partition coefficient (Wildman–Crippen LogP) is 5.25. The molecule has 0 aromatic heterocycles. The first kappa shape index (κ1) is 23.6. The summed E-state index contributed by atoms with van der Waals surface area (Å²) in [4.78, 5) is 42.2. The molecule has 3 amide bonds. The van der Waals surface area contributed by atoms with Gasteiger partial charge < -0.3 is 15.1 Å². The van der Waals surface area contributed by atoms with E-state index in [0.717, 1.165) is 32.4 Å². The summed E-state index contributed by atoms with van der Waals surface area (Å²) in [6.45, 7) is 2.08. The van der Waals surface area contributed by atoms with Crippen LogP contribution in [0, 0.1) is 0 Å². The summed E-state index contributed by atoms with van der Waals surface area (Å²) < 4.78 is 0. The molecule has 0 aliphatic carbocycles. The van der Waals surface area contributed by atoms with Crippen molar-refractivity contribution in [1.29, 1.82) is 0 Å². The lowest BCUT2D eigenvalue weighted by atomic mass is 10.1. The summed E-state index contributed by atoms with van der Waals surface area (Å²) in [6, 6.07) is 11.1. The number of likely N-dealkylation sites (tertiary alicyclic amines) is 2. The molecular weight excluding hydrogens is 461 g/mol. The first-order valence-electron chi connectivity index (χ1n) is 11.4. The Bertz CT molecular complexity index is 1010. The third-order valence-electron chi connectivity index (χ3n) is 6.22. The third kappa shape index (κ3) is 5.68. The SMILES string of the molecule is O=C(Nc1ccc(C(=O)N2CCCCCC2)cc1)C1CCCN1C(=O)c1cc(Cl)cc(Cl)c1. The van der Waals surface area contributed by atoms with Crippen molar-refractivity contribution in [2.45, 2.75) is 44.6 Å². The number of carbonyl (C=O) groups excluding carboxylic acids is 3. The largest absolute Gasteiger partial charge is 0.339 e. The van der Waals surface area contributed by atoms with E-state index in [2.05, 4.69) is 5.32 Å². The van der Waals surface area contributed by atoms with Gasteiger partial charge in [-0.05, 0) is 68.1 Å². The van der Waals surface area contributed by atoms with Crippen LogP contribution < -0.4 is 5.32 Å². The van der Waals surface area contributed by atoms with E-state index < -0.39 is 6.04 Å². The predicted molar refractivity (Wildman–Crippen MR) is 130 cm³/mol. The maximum absolute atomic E-state index is 13.0. The Morgan fingerprint density at radius 3 is 2.03 bits per heavy atom. The molecule has 4 rings (SSSR count). The summed E-state index contributed by atoms with van der Waals surface area (Å²) in [5.74, 6) is -0.487. The normalized spacial score (nSPS) is 18.7. The van der Waals surface area contributed by atoms with E-state index >= 15 is 0 Å². The van der Waals surface area contributed by atoms with Gasteiger partial charge in [0.2, 0.25) is 5.91 Å². The van der Waals surface area contributed by atoms with E-state index in [9.17, 15) is 14.4 Å². The zero-order chi connectivity index (χ0) is 23.4. The standard InChI is InChI=1S/C25H27Cl2N3O3/c26-19-14-18(15-20(27)16-19)25(33)30-13-5-6-22(30)23(31)28-21-9-7-17(8-10-21)24(32)29-11-3-1-2-4-12-29/h7-10,14-16,22H,1-6,11-13H2,(H,28,31). The lowest BCUT2D eigenvalue weighted by Gasteiger charge is -2.24. The summed E-state index contributed by atoms with van der Waals surface area (Å²) in [5.41, 5.74) is 1.58. The van der Waals surface area contributed by atoms with Gasteiger partial charge in [-0.3, -0.25) is 14.4 Å². The zero-order valence-electron chi connectivity index (χ0n) is 18.4. The highest BCUT2D eigenvalue weighted by Gasteiger charge is 2.34. The van der Waals surface area contributed by atoms with E-state index in [0.29, 0.717) is 39.8 Å². The Balaban J connectivity index is 1.40. The number of anilines is 1. The Labute approximate surface area is 203 Å². The van der Waals surface area contributed by atoms with Gasteiger partial charge in [-0.1, -0.05) is 36.0 Å². The van der Waals surface area contributed by atoms with E-state index in [1.165, 1.54) is 12.8 Å². The molecule has 0 spiro atoms. The van der Waals surface area contributed by atoms with Crippen LogP contribution in [0.4, 0.5) is 5.69 Å². The van der Waals surface area contributed by atoms with Gasteiger partial charge in [0.25, 0.3) is 11.8 Å². The van der Waals surface area contributed by atoms with Crippen molar-refractivity contribution < 1.29 is 14.4 Å². The third-order valence-corrected chi connectivity index (χ3v) is 6.65. The average molecular weight is 488 g/mol. The lowest BCUT2D eigenvalue weighted by molar-refractivity contribution is -0.119. The molecule has 2 saturated heterocycles. The Morgan fingerprint density at radius 1 is 0.758 bits per heavy atom. The van der Waals surface area contributed by atoms with Gasteiger partial charge in [0.1, 0.15) is 6.04 Å². The molecule has 174 valence electrons. The van der Waals surface area contributed by atoms with E-state index in [1.54, 1.807) is 47.4 Å². The average Bonchev–Trinajstić information content (AvgIpc) is 3.13. The van der Waals surface area contributed by atoms with Gasteiger partial charge >= 0.3 is 0 Å². The molecule has 6 nitrogen and oxygen atoms in total. The second-order valence-electron chi connectivity index (χ2n) is 8.59. The van der Waals surface area contributed by atoms with Crippen molar-refractivity contribution >= 4 is 46.6 Å². The van der Waals surface area contributed by atoms with Gasteiger partial charge in [0.15, 0.2) is 0 Å². The second kappa shape index (κ2) is 10.6. The number of halogens is 2. The van der Waals surface area contributed by atoms with Crippen LogP contribution in [0.1, 0.15) is 59.2 Å². The van der Waals surface area contributed by atoms with E-state index in [1.807, 2.05) is 4.90 Å². The van der Waals surface area contributed by atoms with Crippen molar-refractivity contribution in [2.75, 3.05) is 25.0 Å². The fourth-order valence-corrected chi connectivity index (χ4v) is 5.03. The molecule has 1 atom stereocenters. The molecule has 2 heterocycles. The van der Waals surface area contributed by atoms with Crippen LogP contribution in [-0.2, 0) is 4.79 Å². The maximum atomic E-state index is 13.0. The number of amides is 3. The van der Waals surface area contributed by atoms with Crippen LogP contribution >= 0.6 is 23.2 Å². The minimum Gasteiger partial charge on any atom is -0.339 e. The van der Waals surface area contributed by atoms with Crippen LogP contribution in [0.2, 0.25) is 10.0 Å². The summed E-state index contributed by atoms with van der Waals surface area (Å²) >= 11 is 12.1. The molecule has 2 aromatic carbocycles. The minimum absolute atomic E-state index is 0.0301. The number of rotatable bonds is 4. The van der Waals surface area contributed by atoms with Gasteiger partial charge in [0.05, 0.1) is 0 Å². The van der Waals surface area contributed by atoms with E-state index in [-0.39, 0.29) is 17.7 Å². The highest BCUT2D eigenvalue weighted by atomic mass is 35.5. The lowest BCUT2D eigenvalue weighted by Crippen LogP contribution is -2.43. The van der Waals surface area contributed by atoms with E-state index in [4.69, 9.17) is 23.2 Å². The van der Waals surface area contributed by atoms with Crippen LogP contribution in [0.3, 0.4) is 0 Å². The fraction of sp³-hybridized carbons (Fsp3) is 0.400. The number of hydrogen-bond acceptors (Lipinski definition) is 3. The molecule has 1 unspecified atom stereocenters. The molecule has 2 aliphatic heterocycles. The molecule has 8 heteroatoms. The molecular formula is C25H27Cl2N3O3. The van der Waals surface area contributed by atoms with Crippen molar-refractivity contribution in [3.05, 3.63) is 63.6 Å². The highest BCUT2D eigenvalue weighted by molar-refractivity contribution is 6.35. The van der Waals surface area contributed by atoms with Gasteiger partial charge in [-0.25, -0.2) is 0 Å². The summed E-state index contributed by atoms with van der Waals surface area (Å²) in [6.07, 6.45) is 5.73. The molecule has 0 radical (unpaired) electrons. The van der Waals surface area contributed by atoms with Crippen LogP contribution in [-0.4, -0.2) is 53.2 Å². The number of benzene rings is 2. The fourth-order valence-electron chi connectivity index (χ4n) is 4.50. The van der Waals surface area contributed by atoms with Gasteiger partial charge in [-0.15, -0.1) is 0 Å². The maximum Gasteiger partial charge on any atom is 0.254 e. The number of nitrogens with zero attached hydrogens (tertiary/aromatic N) is 2. The molecule has 0 bridgehead atoms. The molecule has 33 heavy (non-hydrogen) atoms. The first-order valence-corrected chi connectivity index (χ1v) is 12.2. The van der Waals surface area contributed by atoms with Crippen LogP contribution in [0.5, 0.6) is 0 Å². The zero-order valence-corrected chi connectivity index (χ0v) is 19.9. The van der Waals surface area contributed by atoms with Crippen molar-refractivity contribution in [3.8, 4) is 0 Å². The van der Waals surface area contributed by atoms with Crippen LogP contribution in [0.15, 0.2) is 42.5 Å². The van der Waals surface area contributed by atoms with Gasteiger partial charge in [-0.2, -0.15) is 0 Å². The molecule has 2 aromatic rings. The van der Waals surface area contributed by atoms with Crippen molar-refractivity contribution in [3.63, 3.8) is 0 Å². The quantitative estimate of drug-likeness (QED) is 0.639. The number of carbonyl (C=O) groups is 3. The monoisotopic (exact) mass is 487 g/mol. The second-order valence-corrected chi connectivity index (χ2v) is 9.46. The topological polar surface area (TPSA) is 69.7 Å². The Hall–Kier alpha value is -2.57. The Morgan fingerprint density at radius 2 is 1.39 bits per heavy atom. The van der Waals surface area contributed by atoms with Crippen LogP contribution in [0.25, 0.3) is 0 Å². The van der Waals surface area contributed by atoms with Crippen molar-refractivity contribution in [1.82, 2.24) is 9.80 Å². The summed E-state index contributed by atoms with van der Waals surface area (Å²) in [7, 11) is 0. The van der Waals surface area contributed by atoms with Gasteiger partial charge in [0, 0.05) is 46.5 Å².